The smallest absolute Gasteiger partial charge is 0.317 e. The number of rotatable bonds is 3. The Morgan fingerprint density at radius 2 is 1.88 bits per heavy atom. The molecule has 1 saturated heterocycles. The summed E-state index contributed by atoms with van der Waals surface area (Å²) in [6.45, 7) is 7.96. The second-order valence-corrected chi connectivity index (χ2v) is 7.97. The summed E-state index contributed by atoms with van der Waals surface area (Å²) in [5, 5.41) is 6.88. The molecule has 1 aliphatic heterocycles. The highest BCUT2D eigenvalue weighted by Crippen LogP contribution is 2.20. The largest absolute Gasteiger partial charge is 0.451 e. The van der Waals surface area contributed by atoms with Crippen LogP contribution in [-0.2, 0) is 0 Å². The van der Waals surface area contributed by atoms with Crippen molar-refractivity contribution in [3.63, 3.8) is 0 Å². The minimum Gasteiger partial charge on any atom is -0.451 e. The van der Waals surface area contributed by atoms with E-state index in [1.165, 1.54) is 0 Å². The second kappa shape index (κ2) is 7.40. The Morgan fingerprint density at radius 1 is 1.19 bits per heavy atom. The van der Waals surface area contributed by atoms with E-state index >= 15 is 0 Å². The number of carbonyl (C=O) groups is 2. The Balaban J connectivity index is 1.46. The number of nitrogens with one attached hydrogen (secondary N) is 2. The van der Waals surface area contributed by atoms with Gasteiger partial charge in [-0.25, -0.2) is 4.79 Å². The highest BCUT2D eigenvalue weighted by Gasteiger charge is 2.25. The van der Waals surface area contributed by atoms with Crippen molar-refractivity contribution in [2.75, 3.05) is 19.6 Å². The molecule has 2 heterocycles. The van der Waals surface area contributed by atoms with Crippen LogP contribution in [0.5, 0.6) is 0 Å². The van der Waals surface area contributed by atoms with E-state index in [-0.39, 0.29) is 17.5 Å². The van der Waals surface area contributed by atoms with Crippen LogP contribution in [0.3, 0.4) is 0 Å². The monoisotopic (exact) mass is 357 g/mol. The zero-order valence-corrected chi connectivity index (χ0v) is 15.7. The SMILES string of the molecule is CC(C)(C)NC(=O)N1CCC(CNC(=O)c2cc3ccccc3o2)CC1. The van der Waals surface area contributed by atoms with Gasteiger partial charge in [0.1, 0.15) is 5.58 Å². The zero-order chi connectivity index (χ0) is 18.7. The third kappa shape index (κ3) is 4.56. The normalized spacial score (nSPS) is 15.9. The molecule has 1 aliphatic rings. The molecule has 6 nitrogen and oxygen atoms in total. The van der Waals surface area contributed by atoms with Crippen molar-refractivity contribution in [2.24, 2.45) is 5.92 Å². The average molecular weight is 357 g/mol. The van der Waals surface area contributed by atoms with Gasteiger partial charge in [0.2, 0.25) is 0 Å². The van der Waals surface area contributed by atoms with Gasteiger partial charge < -0.3 is 20.0 Å². The molecule has 3 rings (SSSR count). The molecule has 0 radical (unpaired) electrons. The van der Waals surface area contributed by atoms with Gasteiger partial charge in [0.25, 0.3) is 5.91 Å². The predicted molar refractivity (Wildman–Crippen MR) is 101 cm³/mol. The molecule has 1 aromatic heterocycles. The highest BCUT2D eigenvalue weighted by atomic mass is 16.3. The first kappa shape index (κ1) is 18.3. The van der Waals surface area contributed by atoms with Gasteiger partial charge in [-0.15, -0.1) is 0 Å². The van der Waals surface area contributed by atoms with Crippen molar-refractivity contribution < 1.29 is 14.0 Å². The molecule has 0 spiro atoms. The summed E-state index contributed by atoms with van der Waals surface area (Å²) in [5.74, 6) is 0.532. The van der Waals surface area contributed by atoms with Gasteiger partial charge in [-0.1, -0.05) is 18.2 Å². The summed E-state index contributed by atoms with van der Waals surface area (Å²) in [4.78, 5) is 26.3. The van der Waals surface area contributed by atoms with Crippen molar-refractivity contribution in [2.45, 2.75) is 39.2 Å². The maximum Gasteiger partial charge on any atom is 0.317 e. The lowest BCUT2D eigenvalue weighted by atomic mass is 9.97. The Kier molecular flexibility index (Phi) is 5.20. The number of nitrogens with zero attached hydrogens (tertiary/aromatic N) is 1. The van der Waals surface area contributed by atoms with Gasteiger partial charge in [-0.05, 0) is 51.7 Å². The van der Waals surface area contributed by atoms with Crippen molar-refractivity contribution in [1.82, 2.24) is 15.5 Å². The fraction of sp³-hybridized carbons (Fsp3) is 0.500. The average Bonchev–Trinajstić information content (AvgIpc) is 3.03. The minimum atomic E-state index is -0.228. The number of urea groups is 1. The first-order valence-electron chi connectivity index (χ1n) is 9.16. The standard InChI is InChI=1S/C20H27N3O3/c1-20(2,3)22-19(25)23-10-8-14(9-11-23)13-21-18(24)17-12-15-6-4-5-7-16(15)26-17/h4-7,12,14H,8-11,13H2,1-3H3,(H,21,24)(H,22,25). The number of carbonyl (C=O) groups excluding carboxylic acids is 2. The number of para-hydroxylation sites is 1. The van der Waals surface area contributed by atoms with Gasteiger partial charge in [0.05, 0.1) is 0 Å². The minimum absolute atomic E-state index is 0.0118. The van der Waals surface area contributed by atoms with Gasteiger partial charge in [-0.3, -0.25) is 4.79 Å². The van der Waals surface area contributed by atoms with Crippen molar-refractivity contribution in [1.29, 1.82) is 0 Å². The van der Waals surface area contributed by atoms with Crippen LogP contribution in [0.15, 0.2) is 34.7 Å². The van der Waals surface area contributed by atoms with E-state index in [1.807, 2.05) is 49.9 Å². The van der Waals surface area contributed by atoms with Crippen LogP contribution in [0.2, 0.25) is 0 Å². The highest BCUT2D eigenvalue weighted by molar-refractivity contribution is 5.96. The number of piperidine rings is 1. The number of likely N-dealkylation sites (tertiary alicyclic amines) is 1. The maximum atomic E-state index is 12.3. The molecule has 1 fully saturated rings. The zero-order valence-electron chi connectivity index (χ0n) is 15.7. The molecule has 6 heteroatoms. The van der Waals surface area contributed by atoms with Crippen molar-refractivity contribution in [3.05, 3.63) is 36.1 Å². The Labute approximate surface area is 153 Å². The van der Waals surface area contributed by atoms with Gasteiger partial charge in [0, 0.05) is 30.6 Å². The van der Waals surface area contributed by atoms with E-state index in [0.29, 0.717) is 31.3 Å². The third-order valence-electron chi connectivity index (χ3n) is 4.58. The summed E-state index contributed by atoms with van der Waals surface area (Å²) in [5.41, 5.74) is 0.491. The number of hydrogen-bond donors (Lipinski definition) is 2. The molecule has 1 aromatic carbocycles. The maximum absolute atomic E-state index is 12.3. The Morgan fingerprint density at radius 3 is 2.54 bits per heavy atom. The summed E-state index contributed by atoms with van der Waals surface area (Å²) in [6, 6.07) is 9.34. The van der Waals surface area contributed by atoms with Crippen LogP contribution >= 0.6 is 0 Å². The number of hydrogen-bond acceptors (Lipinski definition) is 3. The molecule has 26 heavy (non-hydrogen) atoms. The number of benzene rings is 1. The Bertz CT molecular complexity index is 750. The Hall–Kier alpha value is -2.50. The van der Waals surface area contributed by atoms with Crippen LogP contribution in [0, 0.1) is 5.92 Å². The quantitative estimate of drug-likeness (QED) is 0.884. The lowest BCUT2D eigenvalue weighted by molar-refractivity contribution is 0.0912. The lowest BCUT2D eigenvalue weighted by Crippen LogP contribution is -2.51. The molecule has 2 N–H and O–H groups in total. The van der Waals surface area contributed by atoms with Gasteiger partial charge >= 0.3 is 6.03 Å². The molecule has 0 aliphatic carbocycles. The number of amides is 3. The van der Waals surface area contributed by atoms with Gasteiger partial charge in [-0.2, -0.15) is 0 Å². The molecule has 0 atom stereocenters. The third-order valence-corrected chi connectivity index (χ3v) is 4.58. The topological polar surface area (TPSA) is 74.6 Å². The molecule has 0 saturated carbocycles. The van der Waals surface area contributed by atoms with E-state index in [2.05, 4.69) is 10.6 Å². The first-order valence-corrected chi connectivity index (χ1v) is 9.16. The molecular weight excluding hydrogens is 330 g/mol. The summed E-state index contributed by atoms with van der Waals surface area (Å²) < 4.78 is 5.59. The van der Waals surface area contributed by atoms with E-state index in [9.17, 15) is 9.59 Å². The van der Waals surface area contributed by atoms with E-state index < -0.39 is 0 Å². The fourth-order valence-electron chi connectivity index (χ4n) is 3.16. The number of furan rings is 1. The van der Waals surface area contributed by atoms with Crippen LogP contribution in [-0.4, -0.2) is 42.0 Å². The fourth-order valence-corrected chi connectivity index (χ4v) is 3.16. The van der Waals surface area contributed by atoms with Crippen LogP contribution in [0.25, 0.3) is 11.0 Å². The van der Waals surface area contributed by atoms with Crippen LogP contribution < -0.4 is 10.6 Å². The van der Waals surface area contributed by atoms with Gasteiger partial charge in [0.15, 0.2) is 5.76 Å². The number of fused-ring (bicyclic) bond motifs is 1. The summed E-state index contributed by atoms with van der Waals surface area (Å²) in [7, 11) is 0. The second-order valence-electron chi connectivity index (χ2n) is 7.97. The molecule has 3 amide bonds. The first-order chi connectivity index (χ1) is 12.3. The van der Waals surface area contributed by atoms with Crippen molar-refractivity contribution >= 4 is 22.9 Å². The van der Waals surface area contributed by atoms with E-state index in [4.69, 9.17) is 4.42 Å². The summed E-state index contributed by atoms with van der Waals surface area (Å²) in [6.07, 6.45) is 1.77. The molecule has 2 aromatic rings. The van der Waals surface area contributed by atoms with E-state index in [1.54, 1.807) is 6.07 Å². The summed E-state index contributed by atoms with van der Waals surface area (Å²) >= 11 is 0. The van der Waals surface area contributed by atoms with Crippen LogP contribution in [0.4, 0.5) is 4.79 Å². The predicted octanol–water partition coefficient (Wildman–Crippen LogP) is 3.38. The van der Waals surface area contributed by atoms with Crippen LogP contribution in [0.1, 0.15) is 44.2 Å². The molecular formula is C20H27N3O3. The lowest BCUT2D eigenvalue weighted by Gasteiger charge is -2.34. The molecule has 140 valence electrons. The molecule has 0 bridgehead atoms. The molecule has 0 unspecified atom stereocenters. The van der Waals surface area contributed by atoms with E-state index in [0.717, 1.165) is 23.8 Å². The van der Waals surface area contributed by atoms with Crippen molar-refractivity contribution in [3.8, 4) is 0 Å².